The summed E-state index contributed by atoms with van der Waals surface area (Å²) in [4.78, 5) is 14.3. The Kier molecular flexibility index (Phi) is 6.00. The molecule has 2 rings (SSSR count). The van der Waals surface area contributed by atoms with Crippen molar-refractivity contribution in [2.45, 2.75) is 43.5 Å². The van der Waals surface area contributed by atoms with E-state index in [2.05, 4.69) is 20.7 Å². The topological polar surface area (TPSA) is 66.5 Å². The van der Waals surface area contributed by atoms with Crippen LogP contribution in [0.4, 0.5) is 0 Å². The molecule has 1 aliphatic heterocycles. The lowest BCUT2D eigenvalue weighted by molar-refractivity contribution is -0.132. The van der Waals surface area contributed by atoms with Crippen LogP contribution >= 0.6 is 15.9 Å². The van der Waals surface area contributed by atoms with Crippen LogP contribution in [0.25, 0.3) is 0 Å². The van der Waals surface area contributed by atoms with Crippen LogP contribution in [-0.2, 0) is 14.8 Å². The van der Waals surface area contributed by atoms with E-state index in [1.165, 1.54) is 12.1 Å². The SMILES string of the molecule is CC(NS(=O)(=O)c1ccc(Br)cc1)C(=O)N1CCCCCC1. The first-order valence-electron chi connectivity index (χ1n) is 7.47. The number of halogens is 1. The number of sulfonamides is 1. The van der Waals surface area contributed by atoms with Gasteiger partial charge in [-0.25, -0.2) is 8.42 Å². The predicted molar refractivity (Wildman–Crippen MR) is 89.0 cm³/mol. The van der Waals surface area contributed by atoms with Gasteiger partial charge < -0.3 is 4.90 Å². The van der Waals surface area contributed by atoms with E-state index in [1.54, 1.807) is 24.0 Å². The van der Waals surface area contributed by atoms with Gasteiger partial charge in [-0.2, -0.15) is 4.72 Å². The summed E-state index contributed by atoms with van der Waals surface area (Å²) in [6.45, 7) is 3.02. The maximum Gasteiger partial charge on any atom is 0.241 e. The molecule has 1 atom stereocenters. The Hall–Kier alpha value is -0.920. The van der Waals surface area contributed by atoms with Crippen molar-refractivity contribution in [1.29, 1.82) is 0 Å². The lowest BCUT2D eigenvalue weighted by Crippen LogP contribution is -2.47. The number of rotatable bonds is 4. The van der Waals surface area contributed by atoms with Crippen molar-refractivity contribution in [3.63, 3.8) is 0 Å². The van der Waals surface area contributed by atoms with Crippen LogP contribution in [0.15, 0.2) is 33.6 Å². The van der Waals surface area contributed by atoms with Crippen LogP contribution in [0.5, 0.6) is 0 Å². The van der Waals surface area contributed by atoms with Crippen LogP contribution in [0.2, 0.25) is 0 Å². The summed E-state index contributed by atoms with van der Waals surface area (Å²) < 4.78 is 27.9. The van der Waals surface area contributed by atoms with Crippen LogP contribution < -0.4 is 4.72 Å². The first kappa shape index (κ1) is 17.4. The molecule has 0 saturated carbocycles. The molecular weight excluding hydrogens is 368 g/mol. The van der Waals surface area contributed by atoms with E-state index in [9.17, 15) is 13.2 Å². The molecule has 1 heterocycles. The van der Waals surface area contributed by atoms with Crippen LogP contribution in [0, 0.1) is 0 Å². The number of hydrogen-bond acceptors (Lipinski definition) is 3. The van der Waals surface area contributed by atoms with Crippen LogP contribution in [-0.4, -0.2) is 38.4 Å². The Bertz CT molecular complexity index is 608. The number of nitrogens with zero attached hydrogens (tertiary/aromatic N) is 1. The van der Waals surface area contributed by atoms with Gasteiger partial charge in [0.25, 0.3) is 0 Å². The molecule has 7 heteroatoms. The normalized spacial score (nSPS) is 17.8. The highest BCUT2D eigenvalue weighted by molar-refractivity contribution is 9.10. The van der Waals surface area contributed by atoms with Crippen LogP contribution in [0.1, 0.15) is 32.6 Å². The third-order valence-corrected chi connectivity index (χ3v) is 5.83. The van der Waals surface area contributed by atoms with Gasteiger partial charge in [0.15, 0.2) is 0 Å². The lowest BCUT2D eigenvalue weighted by Gasteiger charge is -2.24. The molecule has 1 aromatic carbocycles. The molecule has 0 radical (unpaired) electrons. The molecule has 1 amide bonds. The van der Waals surface area contributed by atoms with Crippen molar-refractivity contribution < 1.29 is 13.2 Å². The minimum absolute atomic E-state index is 0.150. The number of hydrogen-bond donors (Lipinski definition) is 1. The van der Waals surface area contributed by atoms with Gasteiger partial charge in [0.2, 0.25) is 15.9 Å². The smallest absolute Gasteiger partial charge is 0.241 e. The number of likely N-dealkylation sites (tertiary alicyclic amines) is 1. The molecular formula is C15H21BrN2O3S. The van der Waals surface area contributed by atoms with E-state index in [-0.39, 0.29) is 10.8 Å². The minimum Gasteiger partial charge on any atom is -0.341 e. The third-order valence-electron chi connectivity index (χ3n) is 3.74. The van der Waals surface area contributed by atoms with Crippen LogP contribution in [0.3, 0.4) is 0 Å². The van der Waals surface area contributed by atoms with E-state index >= 15 is 0 Å². The van der Waals surface area contributed by atoms with E-state index in [4.69, 9.17) is 0 Å². The largest absolute Gasteiger partial charge is 0.341 e. The zero-order valence-corrected chi connectivity index (χ0v) is 15.0. The fourth-order valence-electron chi connectivity index (χ4n) is 2.53. The van der Waals surface area contributed by atoms with Gasteiger partial charge in [-0.1, -0.05) is 28.8 Å². The predicted octanol–water partition coefficient (Wildman–Crippen LogP) is 2.52. The average Bonchev–Trinajstić information content (AvgIpc) is 2.75. The third kappa shape index (κ3) is 4.54. The number of amides is 1. The Balaban J connectivity index is 2.04. The Morgan fingerprint density at radius 2 is 1.68 bits per heavy atom. The molecule has 5 nitrogen and oxygen atoms in total. The molecule has 1 unspecified atom stereocenters. The molecule has 0 bridgehead atoms. The Morgan fingerprint density at radius 3 is 2.23 bits per heavy atom. The molecule has 1 aliphatic rings. The molecule has 1 N–H and O–H groups in total. The first-order chi connectivity index (χ1) is 10.4. The van der Waals surface area contributed by atoms with Gasteiger partial charge in [0, 0.05) is 17.6 Å². The van der Waals surface area contributed by atoms with Gasteiger partial charge >= 0.3 is 0 Å². The van der Waals surface area contributed by atoms with Gasteiger partial charge in [-0.15, -0.1) is 0 Å². The Morgan fingerprint density at radius 1 is 1.14 bits per heavy atom. The first-order valence-corrected chi connectivity index (χ1v) is 9.74. The molecule has 22 heavy (non-hydrogen) atoms. The number of nitrogens with one attached hydrogen (secondary N) is 1. The van der Waals surface area contributed by atoms with E-state index in [1.807, 2.05) is 0 Å². The fourth-order valence-corrected chi connectivity index (χ4v) is 3.99. The highest BCUT2D eigenvalue weighted by Gasteiger charge is 2.26. The summed E-state index contributed by atoms with van der Waals surface area (Å²) in [5, 5.41) is 0. The van der Waals surface area contributed by atoms with Crippen molar-refractivity contribution in [3.05, 3.63) is 28.7 Å². The number of carbonyl (C=O) groups excluding carboxylic acids is 1. The molecule has 0 aromatic heterocycles. The lowest BCUT2D eigenvalue weighted by atomic mass is 10.2. The second-order valence-electron chi connectivity index (χ2n) is 5.54. The standard InChI is InChI=1S/C15H21BrN2O3S/c1-12(15(19)18-10-4-2-3-5-11-18)17-22(20,21)14-8-6-13(16)7-9-14/h6-9,12,17H,2-5,10-11H2,1H3. The van der Waals surface area contributed by atoms with E-state index in [0.717, 1.165) is 30.2 Å². The average molecular weight is 389 g/mol. The van der Waals surface area contributed by atoms with E-state index < -0.39 is 16.1 Å². The summed E-state index contributed by atoms with van der Waals surface area (Å²) in [5.74, 6) is -0.150. The molecule has 0 aliphatic carbocycles. The van der Waals surface area contributed by atoms with Crippen molar-refractivity contribution in [2.75, 3.05) is 13.1 Å². The van der Waals surface area contributed by atoms with Crippen molar-refractivity contribution >= 4 is 31.9 Å². The zero-order chi connectivity index (χ0) is 16.2. The maximum absolute atomic E-state index is 12.4. The summed E-state index contributed by atoms with van der Waals surface area (Å²) in [7, 11) is -3.69. The van der Waals surface area contributed by atoms with Gasteiger partial charge in [0.1, 0.15) is 0 Å². The summed E-state index contributed by atoms with van der Waals surface area (Å²) in [6, 6.07) is 5.59. The quantitative estimate of drug-likeness (QED) is 0.861. The molecule has 0 spiro atoms. The highest BCUT2D eigenvalue weighted by atomic mass is 79.9. The van der Waals surface area contributed by atoms with Gasteiger partial charge in [0.05, 0.1) is 10.9 Å². The van der Waals surface area contributed by atoms with Gasteiger partial charge in [-0.05, 0) is 44.0 Å². The minimum atomic E-state index is -3.69. The fraction of sp³-hybridized carbons (Fsp3) is 0.533. The Labute approximate surface area is 140 Å². The molecule has 1 fully saturated rings. The summed E-state index contributed by atoms with van der Waals surface area (Å²) in [6.07, 6.45) is 4.22. The van der Waals surface area contributed by atoms with Crippen molar-refractivity contribution in [3.8, 4) is 0 Å². The highest BCUT2D eigenvalue weighted by Crippen LogP contribution is 2.16. The maximum atomic E-state index is 12.4. The molecule has 1 aromatic rings. The number of carbonyl (C=O) groups is 1. The van der Waals surface area contributed by atoms with Gasteiger partial charge in [-0.3, -0.25) is 4.79 Å². The van der Waals surface area contributed by atoms with Crippen molar-refractivity contribution in [1.82, 2.24) is 9.62 Å². The summed E-state index contributed by atoms with van der Waals surface area (Å²) in [5.41, 5.74) is 0. The summed E-state index contributed by atoms with van der Waals surface area (Å²) >= 11 is 3.27. The monoisotopic (exact) mass is 388 g/mol. The van der Waals surface area contributed by atoms with Crippen molar-refractivity contribution in [2.24, 2.45) is 0 Å². The molecule has 1 saturated heterocycles. The van der Waals surface area contributed by atoms with E-state index in [0.29, 0.717) is 13.1 Å². The second-order valence-corrected chi connectivity index (χ2v) is 8.17. The second kappa shape index (κ2) is 7.57. The zero-order valence-electron chi connectivity index (χ0n) is 12.6. The number of benzene rings is 1. The molecule has 122 valence electrons.